The predicted octanol–water partition coefficient (Wildman–Crippen LogP) is 2.83. The number of aromatic nitrogens is 2. The van der Waals surface area contributed by atoms with Gasteiger partial charge in [-0.25, -0.2) is 0 Å². The molecule has 0 aromatic carbocycles. The van der Waals surface area contributed by atoms with Crippen LogP contribution in [0.4, 0.5) is 5.69 Å². The van der Waals surface area contributed by atoms with E-state index in [0.717, 1.165) is 13.0 Å². The van der Waals surface area contributed by atoms with Gasteiger partial charge in [0.1, 0.15) is 0 Å². The lowest BCUT2D eigenvalue weighted by atomic mass is 10.0. The predicted molar refractivity (Wildman–Crippen MR) is 85.1 cm³/mol. The smallest absolute Gasteiger partial charge is 0.0853 e. The molecule has 1 aliphatic heterocycles. The van der Waals surface area contributed by atoms with Crippen molar-refractivity contribution in [1.29, 1.82) is 0 Å². The Morgan fingerprint density at radius 3 is 2.70 bits per heavy atom. The number of hydrogen-bond donors (Lipinski definition) is 1. The van der Waals surface area contributed by atoms with E-state index in [1.54, 1.807) is 0 Å². The Labute approximate surface area is 122 Å². The zero-order valence-electron chi connectivity index (χ0n) is 13.3. The van der Waals surface area contributed by atoms with Crippen LogP contribution in [0.2, 0.25) is 0 Å². The number of piperidine rings is 1. The highest BCUT2D eigenvalue weighted by Gasteiger charge is 2.19. The van der Waals surface area contributed by atoms with Gasteiger partial charge in [-0.05, 0) is 33.1 Å². The third-order valence-electron chi connectivity index (χ3n) is 3.95. The molecule has 0 unspecified atom stereocenters. The number of anilines is 1. The molecule has 0 radical (unpaired) electrons. The van der Waals surface area contributed by atoms with Crippen LogP contribution in [0.3, 0.4) is 0 Å². The first-order valence-electron chi connectivity index (χ1n) is 7.73. The Morgan fingerprint density at radius 1 is 1.40 bits per heavy atom. The van der Waals surface area contributed by atoms with Crippen molar-refractivity contribution < 1.29 is 0 Å². The Balaban J connectivity index is 1.83. The van der Waals surface area contributed by atoms with Crippen LogP contribution in [0.25, 0.3) is 0 Å². The van der Waals surface area contributed by atoms with Crippen molar-refractivity contribution in [3.8, 4) is 0 Å². The zero-order valence-corrected chi connectivity index (χ0v) is 13.3. The monoisotopic (exact) mass is 276 g/mol. The van der Waals surface area contributed by atoms with Crippen molar-refractivity contribution in [2.24, 2.45) is 7.05 Å². The van der Waals surface area contributed by atoms with E-state index < -0.39 is 0 Å². The summed E-state index contributed by atoms with van der Waals surface area (Å²) in [5.41, 5.74) is 3.81. The van der Waals surface area contributed by atoms with Gasteiger partial charge in [0, 0.05) is 38.9 Å². The molecule has 0 bridgehead atoms. The van der Waals surface area contributed by atoms with Crippen LogP contribution in [-0.4, -0.2) is 40.4 Å². The van der Waals surface area contributed by atoms with E-state index in [1.165, 1.54) is 42.9 Å². The minimum absolute atomic E-state index is 0.590. The minimum Gasteiger partial charge on any atom is -0.379 e. The summed E-state index contributed by atoms with van der Waals surface area (Å²) >= 11 is 0. The van der Waals surface area contributed by atoms with E-state index in [4.69, 9.17) is 0 Å². The number of rotatable bonds is 5. The fourth-order valence-corrected chi connectivity index (χ4v) is 2.71. The third-order valence-corrected chi connectivity index (χ3v) is 3.95. The van der Waals surface area contributed by atoms with Gasteiger partial charge in [-0.2, -0.15) is 5.10 Å². The van der Waals surface area contributed by atoms with Crippen molar-refractivity contribution in [1.82, 2.24) is 14.7 Å². The van der Waals surface area contributed by atoms with Gasteiger partial charge in [-0.3, -0.25) is 9.58 Å². The largest absolute Gasteiger partial charge is 0.379 e. The number of nitrogens with zero attached hydrogens (tertiary/aromatic N) is 3. The summed E-state index contributed by atoms with van der Waals surface area (Å²) in [6, 6.07) is 0.590. The van der Waals surface area contributed by atoms with Crippen LogP contribution in [-0.2, 0) is 13.5 Å². The highest BCUT2D eigenvalue weighted by molar-refractivity contribution is 5.47. The van der Waals surface area contributed by atoms with Crippen molar-refractivity contribution in [3.63, 3.8) is 0 Å². The van der Waals surface area contributed by atoms with E-state index >= 15 is 0 Å². The van der Waals surface area contributed by atoms with Crippen LogP contribution in [0, 0.1) is 0 Å². The van der Waals surface area contributed by atoms with Gasteiger partial charge in [0.25, 0.3) is 0 Å². The topological polar surface area (TPSA) is 33.1 Å². The summed E-state index contributed by atoms with van der Waals surface area (Å²) in [7, 11) is 1.99. The molecule has 1 aliphatic rings. The maximum atomic E-state index is 4.49. The van der Waals surface area contributed by atoms with Gasteiger partial charge in [-0.15, -0.1) is 0 Å². The minimum atomic E-state index is 0.590. The third kappa shape index (κ3) is 4.10. The summed E-state index contributed by atoms with van der Waals surface area (Å²) in [6.45, 7) is 9.97. The highest BCUT2D eigenvalue weighted by Crippen LogP contribution is 2.19. The number of nitrogens with one attached hydrogen (secondary N) is 1. The quantitative estimate of drug-likeness (QED) is 0.840. The molecule has 20 heavy (non-hydrogen) atoms. The number of aryl methyl sites for hydroxylation is 2. The molecule has 1 aromatic rings. The molecule has 0 saturated carbocycles. The van der Waals surface area contributed by atoms with Gasteiger partial charge >= 0.3 is 0 Å². The molecule has 2 rings (SSSR count). The van der Waals surface area contributed by atoms with Gasteiger partial charge in [0.2, 0.25) is 0 Å². The maximum absolute atomic E-state index is 4.49. The van der Waals surface area contributed by atoms with E-state index in [2.05, 4.69) is 48.4 Å². The Hall–Kier alpha value is -1.29. The highest BCUT2D eigenvalue weighted by atomic mass is 15.3. The van der Waals surface area contributed by atoms with Crippen molar-refractivity contribution >= 4 is 5.69 Å². The number of allylic oxidation sites excluding steroid dienone is 1. The van der Waals surface area contributed by atoms with Crippen molar-refractivity contribution in [2.75, 3.05) is 25.0 Å². The molecular weight excluding hydrogens is 248 g/mol. The fourth-order valence-electron chi connectivity index (χ4n) is 2.71. The van der Waals surface area contributed by atoms with Crippen LogP contribution in [0.5, 0.6) is 0 Å². The summed E-state index contributed by atoms with van der Waals surface area (Å²) in [6.07, 6.45) is 7.85. The second-order valence-corrected chi connectivity index (χ2v) is 6.02. The summed E-state index contributed by atoms with van der Waals surface area (Å²) in [5.74, 6) is 0. The van der Waals surface area contributed by atoms with Crippen LogP contribution < -0.4 is 5.32 Å². The van der Waals surface area contributed by atoms with E-state index in [-0.39, 0.29) is 0 Å². The van der Waals surface area contributed by atoms with Gasteiger partial charge in [-0.1, -0.05) is 18.6 Å². The lowest BCUT2D eigenvalue weighted by Crippen LogP contribution is -2.39. The standard InChI is InChI=1S/C16H28N4/c1-5-15-16(12-19(4)18-15)17-14-7-10-20(11-8-14)9-6-13(2)3/h6,12,14,17H,5,7-11H2,1-4H3. The van der Waals surface area contributed by atoms with Crippen molar-refractivity contribution in [3.05, 3.63) is 23.5 Å². The first kappa shape index (κ1) is 15.1. The molecule has 1 N–H and O–H groups in total. The molecule has 4 heteroatoms. The van der Waals surface area contributed by atoms with Gasteiger partial charge in [0.15, 0.2) is 0 Å². The molecule has 112 valence electrons. The first-order valence-corrected chi connectivity index (χ1v) is 7.73. The molecule has 0 aliphatic carbocycles. The van der Waals surface area contributed by atoms with Crippen LogP contribution in [0.1, 0.15) is 39.3 Å². The SMILES string of the molecule is CCc1nn(C)cc1NC1CCN(CC=C(C)C)CC1. The van der Waals surface area contributed by atoms with E-state index in [1.807, 2.05) is 11.7 Å². The Morgan fingerprint density at radius 2 is 2.10 bits per heavy atom. The van der Waals surface area contributed by atoms with E-state index in [0.29, 0.717) is 6.04 Å². The maximum Gasteiger partial charge on any atom is 0.0853 e. The second kappa shape index (κ2) is 6.93. The normalized spacial score (nSPS) is 17.2. The molecular formula is C16H28N4. The molecule has 4 nitrogen and oxygen atoms in total. The summed E-state index contributed by atoms with van der Waals surface area (Å²) in [4.78, 5) is 2.54. The number of likely N-dealkylation sites (tertiary alicyclic amines) is 1. The molecule has 0 amide bonds. The van der Waals surface area contributed by atoms with Crippen LogP contribution in [0.15, 0.2) is 17.8 Å². The molecule has 0 spiro atoms. The van der Waals surface area contributed by atoms with Crippen molar-refractivity contribution in [2.45, 2.75) is 46.1 Å². The Bertz CT molecular complexity index is 449. The lowest BCUT2D eigenvalue weighted by Gasteiger charge is -2.32. The van der Waals surface area contributed by atoms with Gasteiger partial charge in [0.05, 0.1) is 11.4 Å². The zero-order chi connectivity index (χ0) is 14.5. The molecule has 1 saturated heterocycles. The van der Waals surface area contributed by atoms with Gasteiger partial charge < -0.3 is 5.32 Å². The average molecular weight is 276 g/mol. The second-order valence-electron chi connectivity index (χ2n) is 6.02. The molecule has 2 heterocycles. The average Bonchev–Trinajstić information content (AvgIpc) is 2.78. The molecule has 1 fully saturated rings. The first-order chi connectivity index (χ1) is 9.58. The fraction of sp³-hybridized carbons (Fsp3) is 0.688. The Kier molecular flexibility index (Phi) is 5.24. The molecule has 1 aromatic heterocycles. The lowest BCUT2D eigenvalue weighted by molar-refractivity contribution is 0.240. The number of hydrogen-bond acceptors (Lipinski definition) is 3. The van der Waals surface area contributed by atoms with E-state index in [9.17, 15) is 0 Å². The summed E-state index contributed by atoms with van der Waals surface area (Å²) in [5, 5.41) is 8.18. The molecule has 0 atom stereocenters. The summed E-state index contributed by atoms with van der Waals surface area (Å²) < 4.78 is 1.91. The van der Waals surface area contributed by atoms with Crippen LogP contribution >= 0.6 is 0 Å².